The van der Waals surface area contributed by atoms with Crippen LogP contribution in [-0.2, 0) is 0 Å². The molecule has 5 heteroatoms. The lowest BCUT2D eigenvalue weighted by Gasteiger charge is -1.96. The number of rotatable bonds is 3. The Bertz CT molecular complexity index is 380. The van der Waals surface area contributed by atoms with Crippen molar-refractivity contribution in [1.29, 1.82) is 0 Å². The van der Waals surface area contributed by atoms with Gasteiger partial charge < -0.3 is 0 Å². The zero-order valence-corrected chi connectivity index (χ0v) is 8.02. The lowest BCUT2D eigenvalue weighted by molar-refractivity contribution is 0.790. The number of H-pyrrole nitrogens is 1. The standard InChI is InChI=1S/C8H9N3OS/c1-3-4-5-13-8-9-7(12)6(2)10-11-8/h1H,4-5H2,2H3,(H,9,11,12). The second kappa shape index (κ2) is 4.67. The van der Waals surface area contributed by atoms with E-state index in [0.29, 0.717) is 17.3 Å². The molecule has 1 heterocycles. The van der Waals surface area contributed by atoms with Gasteiger partial charge in [0.05, 0.1) is 0 Å². The van der Waals surface area contributed by atoms with Gasteiger partial charge in [-0.25, -0.2) is 0 Å². The van der Waals surface area contributed by atoms with E-state index in [2.05, 4.69) is 21.1 Å². The molecule has 13 heavy (non-hydrogen) atoms. The van der Waals surface area contributed by atoms with E-state index in [0.717, 1.165) is 5.75 Å². The van der Waals surface area contributed by atoms with Crippen LogP contribution in [0.4, 0.5) is 0 Å². The van der Waals surface area contributed by atoms with Crippen LogP contribution in [0, 0.1) is 19.3 Å². The normalized spacial score (nSPS) is 9.54. The molecule has 0 fully saturated rings. The number of hydrogen-bond donors (Lipinski definition) is 1. The Morgan fingerprint density at radius 1 is 1.62 bits per heavy atom. The van der Waals surface area contributed by atoms with Crippen LogP contribution in [0.5, 0.6) is 0 Å². The summed E-state index contributed by atoms with van der Waals surface area (Å²) in [6.07, 6.45) is 5.73. The highest BCUT2D eigenvalue weighted by molar-refractivity contribution is 7.99. The average Bonchev–Trinajstić information content (AvgIpc) is 2.12. The Kier molecular flexibility index (Phi) is 3.53. The van der Waals surface area contributed by atoms with Gasteiger partial charge in [0.25, 0.3) is 5.56 Å². The zero-order valence-electron chi connectivity index (χ0n) is 7.20. The van der Waals surface area contributed by atoms with Gasteiger partial charge in [0.2, 0.25) is 0 Å². The van der Waals surface area contributed by atoms with Gasteiger partial charge in [-0.1, -0.05) is 11.8 Å². The largest absolute Gasteiger partial charge is 0.298 e. The Hall–Kier alpha value is -1.28. The molecule has 1 aromatic rings. The second-order valence-electron chi connectivity index (χ2n) is 2.35. The maximum atomic E-state index is 11.1. The molecule has 0 aliphatic carbocycles. The van der Waals surface area contributed by atoms with Gasteiger partial charge in [0.15, 0.2) is 5.16 Å². The number of thioether (sulfide) groups is 1. The van der Waals surface area contributed by atoms with Gasteiger partial charge in [-0.05, 0) is 6.92 Å². The van der Waals surface area contributed by atoms with Gasteiger partial charge >= 0.3 is 0 Å². The molecular formula is C8H9N3OS. The number of aromatic nitrogens is 3. The number of nitrogens with one attached hydrogen (secondary N) is 1. The molecule has 0 unspecified atom stereocenters. The first-order valence-corrected chi connectivity index (χ1v) is 4.72. The van der Waals surface area contributed by atoms with E-state index in [9.17, 15) is 4.79 Å². The SMILES string of the molecule is C#CCCSc1nnc(C)c(=O)[nH]1. The topological polar surface area (TPSA) is 58.6 Å². The van der Waals surface area contributed by atoms with Crippen LogP contribution in [0.25, 0.3) is 0 Å². The van der Waals surface area contributed by atoms with Crippen LogP contribution in [-0.4, -0.2) is 20.9 Å². The van der Waals surface area contributed by atoms with Crippen molar-refractivity contribution in [2.45, 2.75) is 18.5 Å². The van der Waals surface area contributed by atoms with E-state index >= 15 is 0 Å². The van der Waals surface area contributed by atoms with Crippen molar-refractivity contribution in [3.8, 4) is 12.3 Å². The quantitative estimate of drug-likeness (QED) is 0.435. The Balaban J connectivity index is 2.65. The molecule has 0 spiro atoms. The highest BCUT2D eigenvalue weighted by Gasteiger charge is 1.99. The minimum absolute atomic E-state index is 0.196. The highest BCUT2D eigenvalue weighted by atomic mass is 32.2. The molecule has 1 aromatic heterocycles. The van der Waals surface area contributed by atoms with Gasteiger partial charge in [-0.15, -0.1) is 22.5 Å². The smallest absolute Gasteiger partial charge is 0.273 e. The predicted molar refractivity (Wildman–Crippen MR) is 51.6 cm³/mol. The van der Waals surface area contributed by atoms with E-state index in [1.165, 1.54) is 11.8 Å². The average molecular weight is 195 g/mol. The second-order valence-corrected chi connectivity index (χ2v) is 3.43. The molecule has 0 saturated carbocycles. The van der Waals surface area contributed by atoms with Crippen molar-refractivity contribution < 1.29 is 0 Å². The van der Waals surface area contributed by atoms with Crippen LogP contribution in [0.15, 0.2) is 9.95 Å². The van der Waals surface area contributed by atoms with E-state index in [1.807, 2.05) is 0 Å². The zero-order chi connectivity index (χ0) is 9.68. The monoisotopic (exact) mass is 195 g/mol. The van der Waals surface area contributed by atoms with Crippen molar-refractivity contribution in [2.24, 2.45) is 0 Å². The van der Waals surface area contributed by atoms with E-state index in [-0.39, 0.29) is 5.56 Å². The molecule has 0 bridgehead atoms. The molecule has 1 rings (SSSR count). The van der Waals surface area contributed by atoms with E-state index < -0.39 is 0 Å². The van der Waals surface area contributed by atoms with Gasteiger partial charge in [0.1, 0.15) is 5.69 Å². The first-order chi connectivity index (χ1) is 6.24. The number of nitrogens with zero attached hydrogens (tertiary/aromatic N) is 2. The van der Waals surface area contributed by atoms with Gasteiger partial charge in [-0.2, -0.15) is 0 Å². The Labute approximate surface area is 80.2 Å². The summed E-state index contributed by atoms with van der Waals surface area (Å²) in [4.78, 5) is 13.7. The summed E-state index contributed by atoms with van der Waals surface area (Å²) >= 11 is 1.40. The summed E-state index contributed by atoms with van der Waals surface area (Å²) in [6.45, 7) is 1.61. The number of aryl methyl sites for hydroxylation is 1. The lowest BCUT2D eigenvalue weighted by atomic mass is 10.5. The third kappa shape index (κ3) is 2.92. The fraction of sp³-hybridized carbons (Fsp3) is 0.375. The van der Waals surface area contributed by atoms with Crippen LogP contribution >= 0.6 is 11.8 Å². The van der Waals surface area contributed by atoms with Crippen molar-refractivity contribution in [2.75, 3.05) is 5.75 Å². The van der Waals surface area contributed by atoms with E-state index in [4.69, 9.17) is 6.42 Å². The Morgan fingerprint density at radius 3 is 3.00 bits per heavy atom. The van der Waals surface area contributed by atoms with Crippen molar-refractivity contribution in [3.63, 3.8) is 0 Å². The highest BCUT2D eigenvalue weighted by Crippen LogP contribution is 2.09. The van der Waals surface area contributed by atoms with Gasteiger partial charge in [-0.3, -0.25) is 9.78 Å². The van der Waals surface area contributed by atoms with Crippen LogP contribution in [0.2, 0.25) is 0 Å². The van der Waals surface area contributed by atoms with Crippen LogP contribution in [0.1, 0.15) is 12.1 Å². The van der Waals surface area contributed by atoms with Gasteiger partial charge in [0, 0.05) is 12.2 Å². The van der Waals surface area contributed by atoms with Crippen LogP contribution in [0.3, 0.4) is 0 Å². The summed E-state index contributed by atoms with van der Waals surface area (Å²) in [7, 11) is 0. The minimum Gasteiger partial charge on any atom is -0.298 e. The Morgan fingerprint density at radius 2 is 2.38 bits per heavy atom. The number of aromatic amines is 1. The first-order valence-electron chi connectivity index (χ1n) is 3.74. The fourth-order valence-corrected chi connectivity index (χ4v) is 1.33. The molecule has 0 aromatic carbocycles. The molecule has 0 aliphatic rings. The summed E-state index contributed by atoms with van der Waals surface area (Å²) in [6, 6.07) is 0. The maximum absolute atomic E-state index is 11.1. The summed E-state index contributed by atoms with van der Waals surface area (Å²) in [5.41, 5.74) is 0.180. The third-order valence-electron chi connectivity index (χ3n) is 1.33. The minimum atomic E-state index is -0.196. The van der Waals surface area contributed by atoms with E-state index in [1.54, 1.807) is 6.92 Å². The number of hydrogen-bond acceptors (Lipinski definition) is 4. The molecule has 0 radical (unpaired) electrons. The lowest BCUT2D eigenvalue weighted by Crippen LogP contribution is -2.14. The summed E-state index contributed by atoms with van der Waals surface area (Å²) in [5, 5.41) is 8.01. The summed E-state index contributed by atoms with van der Waals surface area (Å²) < 4.78 is 0. The molecular weight excluding hydrogens is 186 g/mol. The molecule has 4 nitrogen and oxygen atoms in total. The third-order valence-corrected chi connectivity index (χ3v) is 2.19. The van der Waals surface area contributed by atoms with Crippen molar-refractivity contribution >= 4 is 11.8 Å². The molecule has 0 amide bonds. The molecule has 0 aliphatic heterocycles. The maximum Gasteiger partial charge on any atom is 0.273 e. The molecule has 1 N–H and O–H groups in total. The van der Waals surface area contributed by atoms with Crippen LogP contribution < -0.4 is 5.56 Å². The predicted octanol–water partition coefficient (Wildman–Crippen LogP) is 0.589. The molecule has 68 valence electrons. The van der Waals surface area contributed by atoms with Crippen molar-refractivity contribution in [3.05, 3.63) is 16.0 Å². The molecule has 0 saturated heterocycles. The molecule has 0 atom stereocenters. The fourth-order valence-electron chi connectivity index (χ4n) is 0.650. The first kappa shape index (κ1) is 9.81. The van der Waals surface area contributed by atoms with Crippen molar-refractivity contribution in [1.82, 2.24) is 15.2 Å². The summed E-state index contributed by atoms with van der Waals surface area (Å²) in [5.74, 6) is 3.24. The number of terminal acetylenes is 1.